The van der Waals surface area contributed by atoms with Gasteiger partial charge >= 0.3 is 0 Å². The van der Waals surface area contributed by atoms with Gasteiger partial charge in [-0.05, 0) is 25.0 Å². The van der Waals surface area contributed by atoms with Crippen molar-refractivity contribution < 1.29 is 9.32 Å². The second-order valence-electron chi connectivity index (χ2n) is 6.39. The van der Waals surface area contributed by atoms with E-state index >= 15 is 0 Å². The summed E-state index contributed by atoms with van der Waals surface area (Å²) in [6.45, 7) is 1.71. The van der Waals surface area contributed by atoms with Gasteiger partial charge in [-0.1, -0.05) is 5.16 Å². The predicted octanol–water partition coefficient (Wildman–Crippen LogP) is 1.87. The number of aromatic nitrogens is 4. The highest BCUT2D eigenvalue weighted by atomic mass is 16.5. The van der Waals surface area contributed by atoms with Gasteiger partial charge < -0.3 is 19.3 Å². The lowest BCUT2D eigenvalue weighted by atomic mass is 10.1. The number of amides is 1. The Balaban J connectivity index is 1.35. The van der Waals surface area contributed by atoms with Crippen LogP contribution in [0.3, 0.4) is 0 Å². The molecule has 26 heavy (non-hydrogen) atoms. The molecule has 0 saturated carbocycles. The topological polar surface area (TPSA) is 89.1 Å². The number of carbonyl (C=O) groups is 1. The molecule has 1 N–H and O–H groups in total. The molecule has 8 nitrogen and oxygen atoms in total. The number of hydrogen-bond acceptors (Lipinski definition) is 6. The summed E-state index contributed by atoms with van der Waals surface area (Å²) in [5, 5.41) is 6.94. The zero-order valence-electron chi connectivity index (χ0n) is 14.5. The first kappa shape index (κ1) is 16.3. The smallest absolute Gasteiger partial charge is 0.273 e. The molecule has 4 heterocycles. The molecule has 1 amide bonds. The summed E-state index contributed by atoms with van der Waals surface area (Å²) in [5.74, 6) is 1.29. The third-order valence-corrected chi connectivity index (χ3v) is 4.60. The minimum atomic E-state index is -0.209. The van der Waals surface area contributed by atoms with Crippen molar-refractivity contribution in [2.24, 2.45) is 7.05 Å². The SMILES string of the molecule is Cn1ccnc1N1CCC(NC(=O)c2cc(-c3cccnc3)on2)CC1. The van der Waals surface area contributed by atoms with Crippen LogP contribution in [0.1, 0.15) is 23.3 Å². The zero-order chi connectivity index (χ0) is 17.9. The van der Waals surface area contributed by atoms with Gasteiger partial charge in [0.15, 0.2) is 11.5 Å². The van der Waals surface area contributed by atoms with E-state index in [1.807, 2.05) is 29.9 Å². The summed E-state index contributed by atoms with van der Waals surface area (Å²) in [7, 11) is 1.99. The number of nitrogens with one attached hydrogen (secondary N) is 1. The fraction of sp³-hybridized carbons (Fsp3) is 0.333. The van der Waals surface area contributed by atoms with Gasteiger partial charge in [-0.25, -0.2) is 4.98 Å². The second kappa shape index (κ2) is 6.99. The van der Waals surface area contributed by atoms with Crippen LogP contribution in [0.2, 0.25) is 0 Å². The average Bonchev–Trinajstić information content (AvgIpc) is 3.32. The van der Waals surface area contributed by atoms with Gasteiger partial charge in [-0.15, -0.1) is 0 Å². The molecule has 0 aromatic carbocycles. The maximum absolute atomic E-state index is 12.4. The van der Waals surface area contributed by atoms with Crippen LogP contribution in [0.25, 0.3) is 11.3 Å². The summed E-state index contributed by atoms with van der Waals surface area (Å²) in [5.41, 5.74) is 1.08. The summed E-state index contributed by atoms with van der Waals surface area (Å²) < 4.78 is 7.28. The van der Waals surface area contributed by atoms with Crippen molar-refractivity contribution in [1.29, 1.82) is 0 Å². The quantitative estimate of drug-likeness (QED) is 0.771. The first-order chi connectivity index (χ1) is 12.7. The fourth-order valence-electron chi connectivity index (χ4n) is 3.17. The molecule has 8 heteroatoms. The summed E-state index contributed by atoms with van der Waals surface area (Å²) in [4.78, 5) is 23.1. The third-order valence-electron chi connectivity index (χ3n) is 4.60. The Hall–Kier alpha value is -3.16. The van der Waals surface area contributed by atoms with Crippen LogP contribution in [0.5, 0.6) is 0 Å². The lowest BCUT2D eigenvalue weighted by molar-refractivity contribution is 0.0922. The van der Waals surface area contributed by atoms with Gasteiger partial charge in [-0.3, -0.25) is 9.78 Å². The highest BCUT2D eigenvalue weighted by Crippen LogP contribution is 2.20. The Kier molecular flexibility index (Phi) is 4.39. The highest BCUT2D eigenvalue weighted by Gasteiger charge is 2.24. The molecule has 1 aliphatic heterocycles. The van der Waals surface area contributed by atoms with Crippen molar-refractivity contribution in [3.63, 3.8) is 0 Å². The van der Waals surface area contributed by atoms with Crippen molar-refractivity contribution in [3.05, 3.63) is 48.7 Å². The predicted molar refractivity (Wildman–Crippen MR) is 95.6 cm³/mol. The Morgan fingerprint density at radius 3 is 2.85 bits per heavy atom. The molecule has 1 fully saturated rings. The van der Waals surface area contributed by atoms with Crippen LogP contribution in [-0.2, 0) is 7.05 Å². The van der Waals surface area contributed by atoms with Crippen molar-refractivity contribution in [2.45, 2.75) is 18.9 Å². The number of rotatable bonds is 4. The van der Waals surface area contributed by atoms with Gasteiger partial charge in [0.2, 0.25) is 5.95 Å². The Bertz CT molecular complexity index is 880. The highest BCUT2D eigenvalue weighted by molar-refractivity contribution is 5.93. The number of anilines is 1. The molecule has 1 aliphatic rings. The van der Waals surface area contributed by atoms with E-state index in [0.29, 0.717) is 5.76 Å². The van der Waals surface area contributed by atoms with E-state index < -0.39 is 0 Å². The van der Waals surface area contributed by atoms with Gasteiger partial charge in [0.1, 0.15) is 0 Å². The Labute approximate surface area is 150 Å². The summed E-state index contributed by atoms with van der Waals surface area (Å²) in [6, 6.07) is 5.45. The molecule has 134 valence electrons. The molecule has 1 saturated heterocycles. The third kappa shape index (κ3) is 3.30. The Morgan fingerprint density at radius 1 is 1.31 bits per heavy atom. The lowest BCUT2D eigenvalue weighted by Crippen LogP contribution is -2.45. The van der Waals surface area contributed by atoms with Gasteiger partial charge in [0.05, 0.1) is 0 Å². The summed E-state index contributed by atoms with van der Waals surface area (Å²) in [6.07, 6.45) is 8.83. The van der Waals surface area contributed by atoms with Crippen LogP contribution in [0, 0.1) is 0 Å². The summed E-state index contributed by atoms with van der Waals surface area (Å²) >= 11 is 0. The van der Waals surface area contributed by atoms with Crippen LogP contribution in [0.4, 0.5) is 5.95 Å². The molecule has 0 unspecified atom stereocenters. The van der Waals surface area contributed by atoms with Crippen molar-refractivity contribution in [2.75, 3.05) is 18.0 Å². The number of pyridine rings is 1. The molecule has 3 aromatic rings. The van der Waals surface area contributed by atoms with E-state index in [4.69, 9.17) is 4.52 Å². The van der Waals surface area contributed by atoms with E-state index in [1.54, 1.807) is 24.7 Å². The van der Waals surface area contributed by atoms with E-state index in [9.17, 15) is 4.79 Å². The van der Waals surface area contributed by atoms with Crippen LogP contribution in [-0.4, -0.2) is 44.7 Å². The number of imidazole rings is 1. The monoisotopic (exact) mass is 352 g/mol. The van der Waals surface area contributed by atoms with Gasteiger partial charge in [0.25, 0.3) is 5.91 Å². The molecule has 3 aromatic heterocycles. The fourth-order valence-corrected chi connectivity index (χ4v) is 3.17. The van der Waals surface area contributed by atoms with Crippen molar-refractivity contribution in [3.8, 4) is 11.3 Å². The van der Waals surface area contributed by atoms with Gasteiger partial charge in [0, 0.05) is 62.6 Å². The van der Waals surface area contributed by atoms with E-state index in [2.05, 4.69) is 25.3 Å². The molecule has 0 radical (unpaired) electrons. The van der Waals surface area contributed by atoms with Crippen LogP contribution in [0.15, 0.2) is 47.5 Å². The molecule has 0 bridgehead atoms. The standard InChI is InChI=1S/C18H20N6O2/c1-23-10-7-20-18(23)24-8-4-14(5-9-24)21-17(25)15-11-16(26-22-15)13-3-2-6-19-12-13/h2-3,6-7,10-12,14H,4-5,8-9H2,1H3,(H,21,25). The minimum Gasteiger partial charge on any atom is -0.355 e. The van der Waals surface area contributed by atoms with E-state index in [1.165, 1.54) is 0 Å². The first-order valence-electron chi connectivity index (χ1n) is 8.61. The number of hydrogen-bond donors (Lipinski definition) is 1. The number of piperidine rings is 1. The van der Waals surface area contributed by atoms with Crippen LogP contribution < -0.4 is 10.2 Å². The molecular weight excluding hydrogens is 332 g/mol. The Morgan fingerprint density at radius 2 is 2.15 bits per heavy atom. The van der Waals surface area contributed by atoms with Crippen LogP contribution >= 0.6 is 0 Å². The molecule has 0 atom stereocenters. The number of aryl methyl sites for hydroxylation is 1. The average molecular weight is 352 g/mol. The molecule has 4 rings (SSSR count). The maximum atomic E-state index is 12.4. The molecule has 0 aliphatic carbocycles. The maximum Gasteiger partial charge on any atom is 0.273 e. The zero-order valence-corrected chi connectivity index (χ0v) is 14.5. The van der Waals surface area contributed by atoms with E-state index in [0.717, 1.165) is 37.4 Å². The number of nitrogens with zero attached hydrogens (tertiary/aromatic N) is 5. The molecular formula is C18H20N6O2. The van der Waals surface area contributed by atoms with E-state index in [-0.39, 0.29) is 17.6 Å². The minimum absolute atomic E-state index is 0.123. The normalized spacial score (nSPS) is 15.2. The van der Waals surface area contributed by atoms with Crippen molar-refractivity contribution >= 4 is 11.9 Å². The van der Waals surface area contributed by atoms with Crippen molar-refractivity contribution in [1.82, 2.24) is 25.0 Å². The lowest BCUT2D eigenvalue weighted by Gasteiger charge is -2.32. The molecule has 0 spiro atoms. The number of carbonyl (C=O) groups excluding carboxylic acids is 1. The first-order valence-corrected chi connectivity index (χ1v) is 8.61. The van der Waals surface area contributed by atoms with Gasteiger partial charge in [-0.2, -0.15) is 0 Å². The second-order valence-corrected chi connectivity index (χ2v) is 6.39. The largest absolute Gasteiger partial charge is 0.355 e.